The summed E-state index contributed by atoms with van der Waals surface area (Å²) in [7, 11) is -0.752. The maximum absolute atomic E-state index is 13.1. The van der Waals surface area contributed by atoms with Crippen LogP contribution >= 0.6 is 34.5 Å². The molecule has 0 saturated carbocycles. The summed E-state index contributed by atoms with van der Waals surface area (Å²) in [6, 6.07) is 9.95. The maximum Gasteiger partial charge on any atom is 0.255 e. The van der Waals surface area contributed by atoms with Gasteiger partial charge in [-0.2, -0.15) is 0 Å². The van der Waals surface area contributed by atoms with Gasteiger partial charge in [0.1, 0.15) is 0 Å². The van der Waals surface area contributed by atoms with Crippen molar-refractivity contribution in [3.63, 3.8) is 0 Å². The van der Waals surface area contributed by atoms with Gasteiger partial charge < -0.3 is 4.90 Å². The van der Waals surface area contributed by atoms with Crippen LogP contribution in [0.25, 0.3) is 10.2 Å². The number of carbonyl (C=O) groups excluding carboxylic acids is 1. The molecule has 2 heterocycles. The normalized spacial score (nSPS) is 15.7. The molecule has 0 unspecified atom stereocenters. The second kappa shape index (κ2) is 8.67. The number of amides is 1. The highest BCUT2D eigenvalue weighted by atomic mass is 35.5. The number of fused-ring (bicyclic) bond motifs is 1. The van der Waals surface area contributed by atoms with E-state index in [4.69, 9.17) is 28.2 Å². The Morgan fingerprint density at radius 1 is 1.13 bits per heavy atom. The van der Waals surface area contributed by atoms with Gasteiger partial charge in [-0.15, -0.1) is 11.3 Å². The number of carbonyl (C=O) groups is 1. The van der Waals surface area contributed by atoms with Gasteiger partial charge in [0.15, 0.2) is 0 Å². The number of rotatable bonds is 4. The molecule has 1 fully saturated rings. The third-order valence-corrected chi connectivity index (χ3v) is 9.02. The molecule has 2 aromatic carbocycles. The van der Waals surface area contributed by atoms with Crippen molar-refractivity contribution in [2.24, 2.45) is 0 Å². The van der Waals surface area contributed by atoms with Crippen LogP contribution in [-0.2, 0) is 10.0 Å². The van der Waals surface area contributed by atoms with Gasteiger partial charge in [-0.25, -0.2) is 17.7 Å². The van der Waals surface area contributed by atoms with Crippen molar-refractivity contribution in [3.05, 3.63) is 57.0 Å². The quantitative estimate of drug-likeness (QED) is 0.515. The van der Waals surface area contributed by atoms with Crippen molar-refractivity contribution in [1.29, 1.82) is 0 Å². The molecule has 0 radical (unpaired) electrons. The number of sulfonamides is 1. The Hall–Kier alpha value is -1.71. The van der Waals surface area contributed by atoms with Crippen LogP contribution in [0.2, 0.25) is 10.0 Å². The van der Waals surface area contributed by atoms with E-state index in [1.165, 1.54) is 32.3 Å². The van der Waals surface area contributed by atoms with E-state index in [0.717, 1.165) is 32.4 Å². The molecule has 1 amide bonds. The van der Waals surface area contributed by atoms with Gasteiger partial charge >= 0.3 is 0 Å². The van der Waals surface area contributed by atoms with Crippen molar-refractivity contribution in [2.75, 3.05) is 27.2 Å². The molecule has 0 atom stereocenters. The first kappa shape index (κ1) is 22.5. The summed E-state index contributed by atoms with van der Waals surface area (Å²) in [5, 5.41) is 1.97. The number of piperidine rings is 1. The largest absolute Gasteiger partial charge is 0.339 e. The monoisotopic (exact) mass is 497 g/mol. The summed E-state index contributed by atoms with van der Waals surface area (Å²) >= 11 is 14.0. The van der Waals surface area contributed by atoms with Gasteiger partial charge in [-0.05, 0) is 49.2 Å². The molecule has 4 rings (SSSR count). The topological polar surface area (TPSA) is 70.6 Å². The molecule has 1 aliphatic heterocycles. The Labute approximate surface area is 195 Å². The van der Waals surface area contributed by atoms with Gasteiger partial charge in [0.25, 0.3) is 5.91 Å². The number of hydrogen-bond donors (Lipinski definition) is 0. The molecule has 1 aromatic heterocycles. The summed E-state index contributed by atoms with van der Waals surface area (Å²) in [5.74, 6) is 0.0199. The molecule has 3 aromatic rings. The van der Waals surface area contributed by atoms with E-state index in [0.29, 0.717) is 18.1 Å². The number of halogens is 2. The highest BCUT2D eigenvalue weighted by molar-refractivity contribution is 7.89. The lowest BCUT2D eigenvalue weighted by Gasteiger charge is -2.31. The SMILES string of the molecule is CN(C)S(=O)(=O)c1ccc(Cl)c(C(=O)N2CCC(c3nc4cc(Cl)ccc4s3)CC2)c1. The lowest BCUT2D eigenvalue weighted by atomic mass is 9.97. The van der Waals surface area contributed by atoms with Crippen molar-refractivity contribution < 1.29 is 13.2 Å². The van der Waals surface area contributed by atoms with E-state index < -0.39 is 10.0 Å². The Balaban J connectivity index is 1.50. The molecule has 31 heavy (non-hydrogen) atoms. The number of benzene rings is 2. The summed E-state index contributed by atoms with van der Waals surface area (Å²) in [5.41, 5.74) is 1.11. The number of likely N-dealkylation sites (tertiary alicyclic amines) is 1. The third kappa shape index (κ3) is 4.45. The zero-order valence-corrected chi connectivity index (χ0v) is 20.2. The van der Waals surface area contributed by atoms with E-state index in [1.54, 1.807) is 16.2 Å². The summed E-state index contributed by atoms with van der Waals surface area (Å²) in [4.78, 5) is 19.6. The number of thiazole rings is 1. The van der Waals surface area contributed by atoms with E-state index in [1.807, 2.05) is 18.2 Å². The maximum atomic E-state index is 13.1. The zero-order valence-electron chi connectivity index (χ0n) is 17.0. The highest BCUT2D eigenvalue weighted by Crippen LogP contribution is 2.35. The molecule has 0 N–H and O–H groups in total. The predicted molar refractivity (Wildman–Crippen MR) is 125 cm³/mol. The van der Waals surface area contributed by atoms with Crippen LogP contribution in [0.4, 0.5) is 0 Å². The second-order valence-corrected chi connectivity index (χ2v) is 11.7. The molecule has 0 bridgehead atoms. The van der Waals surface area contributed by atoms with E-state index in [2.05, 4.69) is 0 Å². The standard InChI is InChI=1S/C21H21Cl2N3O3S2/c1-25(2)31(28,29)15-4-5-17(23)16(12-15)21(27)26-9-7-13(8-10-26)20-24-18-11-14(22)3-6-19(18)30-20/h3-6,11-13H,7-10H2,1-2H3. The summed E-state index contributed by atoms with van der Waals surface area (Å²) < 4.78 is 27.1. The van der Waals surface area contributed by atoms with Crippen molar-refractivity contribution in [2.45, 2.75) is 23.7 Å². The Kier molecular flexibility index (Phi) is 6.29. The molecule has 1 aliphatic rings. The fourth-order valence-electron chi connectivity index (χ4n) is 3.63. The second-order valence-electron chi connectivity index (χ2n) is 7.66. The minimum atomic E-state index is -3.65. The predicted octanol–water partition coefficient (Wildman–Crippen LogP) is 4.87. The fourth-order valence-corrected chi connectivity index (χ4v) is 6.04. The number of nitrogens with zero attached hydrogens (tertiary/aromatic N) is 3. The minimum absolute atomic E-state index is 0.0493. The molecule has 0 spiro atoms. The Morgan fingerprint density at radius 3 is 2.52 bits per heavy atom. The first-order valence-electron chi connectivity index (χ1n) is 9.74. The average Bonchev–Trinajstić information content (AvgIpc) is 3.16. The third-order valence-electron chi connectivity index (χ3n) is 5.44. The lowest BCUT2D eigenvalue weighted by Crippen LogP contribution is -2.38. The van der Waals surface area contributed by atoms with Gasteiger partial charge in [0, 0.05) is 38.1 Å². The smallest absolute Gasteiger partial charge is 0.255 e. The van der Waals surface area contributed by atoms with E-state index in [-0.39, 0.29) is 27.3 Å². The Morgan fingerprint density at radius 2 is 1.84 bits per heavy atom. The summed E-state index contributed by atoms with van der Waals surface area (Å²) in [6.45, 7) is 1.11. The van der Waals surface area contributed by atoms with E-state index in [9.17, 15) is 13.2 Å². The van der Waals surface area contributed by atoms with E-state index >= 15 is 0 Å². The molecule has 6 nitrogen and oxygen atoms in total. The van der Waals surface area contributed by atoms with Crippen LogP contribution in [0.15, 0.2) is 41.3 Å². The van der Waals surface area contributed by atoms with Gasteiger partial charge in [-0.3, -0.25) is 4.79 Å². The van der Waals surface area contributed by atoms with Crippen LogP contribution in [0, 0.1) is 0 Å². The van der Waals surface area contributed by atoms with Crippen molar-refractivity contribution in [1.82, 2.24) is 14.2 Å². The van der Waals surface area contributed by atoms with Crippen LogP contribution in [0.3, 0.4) is 0 Å². The Bertz CT molecular complexity index is 1250. The molecule has 164 valence electrons. The average molecular weight is 498 g/mol. The van der Waals surface area contributed by atoms with Crippen LogP contribution < -0.4 is 0 Å². The van der Waals surface area contributed by atoms with Gasteiger partial charge in [-0.1, -0.05) is 23.2 Å². The number of hydrogen-bond acceptors (Lipinski definition) is 5. The van der Waals surface area contributed by atoms with Crippen LogP contribution in [0.5, 0.6) is 0 Å². The zero-order chi connectivity index (χ0) is 22.3. The molecular weight excluding hydrogens is 477 g/mol. The molecular formula is C21H21Cl2N3O3S2. The first-order chi connectivity index (χ1) is 14.7. The fraction of sp³-hybridized carbons (Fsp3) is 0.333. The minimum Gasteiger partial charge on any atom is -0.339 e. The summed E-state index contributed by atoms with van der Waals surface area (Å²) in [6.07, 6.45) is 1.57. The molecule has 10 heteroatoms. The van der Waals surface area contributed by atoms with Gasteiger partial charge in [0.2, 0.25) is 10.0 Å². The van der Waals surface area contributed by atoms with Crippen LogP contribution in [0.1, 0.15) is 34.1 Å². The number of aromatic nitrogens is 1. The first-order valence-corrected chi connectivity index (χ1v) is 12.8. The lowest BCUT2D eigenvalue weighted by molar-refractivity contribution is 0.0713. The van der Waals surface area contributed by atoms with Crippen molar-refractivity contribution in [3.8, 4) is 0 Å². The van der Waals surface area contributed by atoms with Gasteiger partial charge in [0.05, 0.1) is 30.7 Å². The molecule has 0 aliphatic carbocycles. The van der Waals surface area contributed by atoms with Crippen LogP contribution in [-0.4, -0.2) is 55.7 Å². The van der Waals surface area contributed by atoms with Crippen molar-refractivity contribution >= 4 is 60.7 Å². The highest BCUT2D eigenvalue weighted by Gasteiger charge is 2.28. The molecule has 1 saturated heterocycles.